The number of rotatable bonds is 5. The average Bonchev–Trinajstić information content (AvgIpc) is 3.39. The highest BCUT2D eigenvalue weighted by molar-refractivity contribution is 7.90. The van der Waals surface area contributed by atoms with Crippen molar-refractivity contribution in [1.29, 1.82) is 0 Å². The van der Waals surface area contributed by atoms with Gasteiger partial charge in [-0.2, -0.15) is 0 Å². The molecule has 0 bridgehead atoms. The fraction of sp³-hybridized carbons (Fsp3) is 0.125. The van der Waals surface area contributed by atoms with Gasteiger partial charge in [-0.05, 0) is 59.2 Å². The van der Waals surface area contributed by atoms with E-state index in [4.69, 9.17) is 0 Å². The topological polar surface area (TPSA) is 80.2 Å². The molecule has 0 saturated carbocycles. The van der Waals surface area contributed by atoms with E-state index >= 15 is 0 Å². The first-order valence-corrected chi connectivity index (χ1v) is 12.4. The van der Waals surface area contributed by atoms with Crippen LogP contribution in [0, 0.1) is 0 Å². The van der Waals surface area contributed by atoms with Gasteiger partial charge in [0.1, 0.15) is 0 Å². The number of carbonyl (C=O) groups is 1. The molecule has 1 aromatic carbocycles. The molecule has 0 aliphatic carbocycles. The summed E-state index contributed by atoms with van der Waals surface area (Å²) in [5.41, 5.74) is 4.36. The third-order valence-electron chi connectivity index (χ3n) is 5.41. The molecule has 8 heteroatoms. The van der Waals surface area contributed by atoms with Crippen molar-refractivity contribution in [2.24, 2.45) is 0 Å². The number of aromatic nitrogens is 2. The second kappa shape index (κ2) is 7.96. The highest BCUT2D eigenvalue weighted by Crippen LogP contribution is 2.36. The van der Waals surface area contributed by atoms with Gasteiger partial charge in [0.05, 0.1) is 10.6 Å². The Hall–Kier alpha value is -3.36. The molecule has 6 nitrogen and oxygen atoms in total. The number of pyridine rings is 2. The van der Waals surface area contributed by atoms with Crippen molar-refractivity contribution in [1.82, 2.24) is 14.9 Å². The summed E-state index contributed by atoms with van der Waals surface area (Å²) in [5, 5.41) is 0. The van der Waals surface area contributed by atoms with Crippen LogP contribution in [0.1, 0.15) is 21.5 Å². The molecule has 0 unspecified atom stereocenters. The Balaban J connectivity index is 1.41. The van der Waals surface area contributed by atoms with Gasteiger partial charge in [0.2, 0.25) is 0 Å². The normalized spacial score (nSPS) is 13.4. The molecule has 5 rings (SSSR count). The van der Waals surface area contributed by atoms with Crippen molar-refractivity contribution < 1.29 is 13.2 Å². The number of carbonyl (C=O) groups excluding carboxylic acids is 1. The highest BCUT2D eigenvalue weighted by Gasteiger charge is 2.24. The summed E-state index contributed by atoms with van der Waals surface area (Å²) in [4.78, 5) is 24.3. The molecule has 4 heterocycles. The van der Waals surface area contributed by atoms with E-state index in [1.165, 1.54) is 6.20 Å². The molecule has 0 radical (unpaired) electrons. The van der Waals surface area contributed by atoms with Gasteiger partial charge in [-0.1, -0.05) is 6.07 Å². The Kier molecular flexibility index (Phi) is 5.11. The lowest BCUT2D eigenvalue weighted by Gasteiger charge is -2.05. The quantitative estimate of drug-likeness (QED) is 0.439. The van der Waals surface area contributed by atoms with Gasteiger partial charge in [-0.3, -0.25) is 14.8 Å². The van der Waals surface area contributed by atoms with Crippen molar-refractivity contribution in [2.75, 3.05) is 7.05 Å². The number of nitrogens with zero attached hydrogens (tertiary/aromatic N) is 3. The third kappa shape index (κ3) is 3.83. The standard InChI is InChI=1S/C24H19N3O3S2/c1-27-14-19-10-17(4-5-21(19)24(27)28)22-6-7-23(31-22)18-9-16(11-26-12-18)15-32(29,30)20-3-2-8-25-13-20/h2-13H,14-15H2,1H3. The molecule has 4 aromatic rings. The van der Waals surface area contributed by atoms with Crippen LogP contribution in [0.3, 0.4) is 0 Å². The van der Waals surface area contributed by atoms with Crippen LogP contribution in [0.25, 0.3) is 20.9 Å². The lowest BCUT2D eigenvalue weighted by molar-refractivity contribution is 0.0816. The first kappa shape index (κ1) is 20.5. The predicted molar refractivity (Wildman–Crippen MR) is 124 cm³/mol. The molecule has 3 aromatic heterocycles. The summed E-state index contributed by atoms with van der Waals surface area (Å²) in [6.07, 6.45) is 6.23. The number of benzene rings is 1. The number of sulfone groups is 1. The van der Waals surface area contributed by atoms with E-state index in [-0.39, 0.29) is 16.6 Å². The van der Waals surface area contributed by atoms with Crippen LogP contribution in [-0.4, -0.2) is 36.2 Å². The van der Waals surface area contributed by atoms with E-state index in [9.17, 15) is 13.2 Å². The van der Waals surface area contributed by atoms with Crippen LogP contribution < -0.4 is 0 Å². The van der Waals surface area contributed by atoms with E-state index in [2.05, 4.69) is 16.0 Å². The molecule has 0 fully saturated rings. The smallest absolute Gasteiger partial charge is 0.254 e. The Morgan fingerprint density at radius 2 is 1.78 bits per heavy atom. The number of hydrogen-bond acceptors (Lipinski definition) is 6. The van der Waals surface area contributed by atoms with Gasteiger partial charge in [-0.25, -0.2) is 8.42 Å². The van der Waals surface area contributed by atoms with Crippen molar-refractivity contribution in [3.63, 3.8) is 0 Å². The molecular weight excluding hydrogens is 442 g/mol. The molecule has 0 spiro atoms. The first-order chi connectivity index (χ1) is 15.4. The van der Waals surface area contributed by atoms with Gasteiger partial charge in [0, 0.05) is 59.3 Å². The van der Waals surface area contributed by atoms with Crippen LogP contribution in [0.4, 0.5) is 0 Å². The monoisotopic (exact) mass is 461 g/mol. The number of fused-ring (bicyclic) bond motifs is 1. The van der Waals surface area contributed by atoms with Gasteiger partial charge >= 0.3 is 0 Å². The zero-order chi connectivity index (χ0) is 22.3. The Morgan fingerprint density at radius 1 is 0.969 bits per heavy atom. The summed E-state index contributed by atoms with van der Waals surface area (Å²) < 4.78 is 25.4. The molecule has 1 aliphatic rings. The van der Waals surface area contributed by atoms with Gasteiger partial charge in [0.15, 0.2) is 9.84 Å². The van der Waals surface area contributed by atoms with E-state index < -0.39 is 9.84 Å². The highest BCUT2D eigenvalue weighted by atomic mass is 32.2. The minimum atomic E-state index is -3.50. The zero-order valence-electron chi connectivity index (χ0n) is 17.2. The molecule has 0 saturated heterocycles. The zero-order valence-corrected chi connectivity index (χ0v) is 18.9. The minimum absolute atomic E-state index is 0.0579. The van der Waals surface area contributed by atoms with Crippen LogP contribution in [-0.2, 0) is 22.1 Å². The van der Waals surface area contributed by atoms with E-state index in [0.717, 1.165) is 32.0 Å². The molecule has 1 aliphatic heterocycles. The SMILES string of the molecule is CN1Cc2cc(-c3ccc(-c4cncc(CS(=O)(=O)c5cccnc5)c4)s3)ccc2C1=O. The van der Waals surface area contributed by atoms with E-state index in [1.807, 2.05) is 30.3 Å². The minimum Gasteiger partial charge on any atom is -0.337 e. The fourth-order valence-corrected chi connectivity index (χ4v) is 6.06. The Labute approximate surface area is 190 Å². The molecule has 160 valence electrons. The van der Waals surface area contributed by atoms with E-state index in [0.29, 0.717) is 12.1 Å². The van der Waals surface area contributed by atoms with Gasteiger partial charge in [0.25, 0.3) is 5.91 Å². The number of hydrogen-bond donors (Lipinski definition) is 0. The summed E-state index contributed by atoms with van der Waals surface area (Å²) in [6.45, 7) is 0.623. The molecule has 0 N–H and O–H groups in total. The molecule has 32 heavy (non-hydrogen) atoms. The third-order valence-corrected chi connectivity index (χ3v) is 8.27. The summed E-state index contributed by atoms with van der Waals surface area (Å²) in [6, 6.07) is 15.0. The van der Waals surface area contributed by atoms with Gasteiger partial charge in [-0.15, -0.1) is 11.3 Å². The van der Waals surface area contributed by atoms with E-state index in [1.54, 1.807) is 54.0 Å². The number of amides is 1. The van der Waals surface area contributed by atoms with Crippen LogP contribution >= 0.6 is 11.3 Å². The molecule has 1 amide bonds. The second-order valence-electron chi connectivity index (χ2n) is 7.73. The second-order valence-corrected chi connectivity index (χ2v) is 10.8. The average molecular weight is 462 g/mol. The van der Waals surface area contributed by atoms with Crippen LogP contribution in [0.2, 0.25) is 0 Å². The Morgan fingerprint density at radius 3 is 2.56 bits per heavy atom. The van der Waals surface area contributed by atoms with Crippen molar-refractivity contribution in [3.05, 3.63) is 90.0 Å². The van der Waals surface area contributed by atoms with Crippen LogP contribution in [0.15, 0.2) is 78.2 Å². The molecule has 0 atom stereocenters. The maximum absolute atomic E-state index is 12.7. The molecular formula is C24H19N3O3S2. The lowest BCUT2D eigenvalue weighted by atomic mass is 10.1. The summed E-state index contributed by atoms with van der Waals surface area (Å²) in [7, 11) is -1.69. The maximum Gasteiger partial charge on any atom is 0.254 e. The first-order valence-electron chi connectivity index (χ1n) is 9.96. The van der Waals surface area contributed by atoms with Crippen molar-refractivity contribution in [2.45, 2.75) is 17.2 Å². The van der Waals surface area contributed by atoms with Crippen molar-refractivity contribution in [3.8, 4) is 20.9 Å². The van der Waals surface area contributed by atoms with Crippen LogP contribution in [0.5, 0.6) is 0 Å². The van der Waals surface area contributed by atoms with Crippen molar-refractivity contribution >= 4 is 27.1 Å². The Bertz CT molecular complexity index is 1430. The maximum atomic E-state index is 12.7. The largest absolute Gasteiger partial charge is 0.337 e. The number of thiophene rings is 1. The fourth-order valence-electron chi connectivity index (χ4n) is 3.80. The predicted octanol–water partition coefficient (Wildman–Crippen LogP) is 4.43. The van der Waals surface area contributed by atoms with Gasteiger partial charge < -0.3 is 4.90 Å². The lowest BCUT2D eigenvalue weighted by Crippen LogP contribution is -2.17. The summed E-state index contributed by atoms with van der Waals surface area (Å²) in [5.74, 6) is -0.0769. The summed E-state index contributed by atoms with van der Waals surface area (Å²) >= 11 is 1.61.